The standard InChI is InChI=1S/C28H33ClF3N3O3/c1-33(2)25(36)23-9-8-22(18-24(23)29)34-14-10-19(11-15-34)20-12-16-35(17-13-20)26(37)27(38,28(30,31)32)21-6-4-3-5-7-21/h3-9,18-20,38H,10-17H2,1-2H3/t27-/m1/s1. The number of anilines is 1. The number of amides is 2. The zero-order valence-electron chi connectivity index (χ0n) is 21.5. The van der Waals surface area contributed by atoms with Gasteiger partial charge >= 0.3 is 6.18 Å². The summed E-state index contributed by atoms with van der Waals surface area (Å²) in [6.45, 7) is 1.99. The molecule has 2 aliphatic rings. The van der Waals surface area contributed by atoms with Crippen molar-refractivity contribution in [3.8, 4) is 0 Å². The van der Waals surface area contributed by atoms with E-state index in [-0.39, 0.29) is 19.0 Å². The van der Waals surface area contributed by atoms with Gasteiger partial charge in [0.15, 0.2) is 0 Å². The summed E-state index contributed by atoms with van der Waals surface area (Å²) in [6.07, 6.45) is -2.08. The third-order valence-corrected chi connectivity index (χ3v) is 8.21. The highest BCUT2D eigenvalue weighted by molar-refractivity contribution is 6.34. The van der Waals surface area contributed by atoms with E-state index in [2.05, 4.69) is 4.90 Å². The maximum absolute atomic E-state index is 13.9. The Morgan fingerprint density at radius 2 is 1.47 bits per heavy atom. The Labute approximate surface area is 226 Å². The molecule has 0 aliphatic carbocycles. The SMILES string of the molecule is CN(C)C(=O)c1ccc(N2CCC(C3CCN(C(=O)[C@](O)(c4ccccc4)C(F)(F)F)CC3)CC2)cc1Cl. The molecule has 6 nitrogen and oxygen atoms in total. The number of hydrogen-bond donors (Lipinski definition) is 1. The van der Waals surface area contributed by atoms with Gasteiger partial charge in [0, 0.05) is 51.5 Å². The maximum Gasteiger partial charge on any atom is 0.430 e. The van der Waals surface area contributed by atoms with Gasteiger partial charge in [0.05, 0.1) is 10.6 Å². The van der Waals surface area contributed by atoms with Gasteiger partial charge < -0.3 is 19.8 Å². The number of halogens is 4. The van der Waals surface area contributed by atoms with E-state index in [0.717, 1.165) is 48.7 Å². The number of carbonyl (C=O) groups excluding carboxylic acids is 2. The summed E-state index contributed by atoms with van der Waals surface area (Å²) < 4.78 is 41.8. The molecule has 0 bridgehead atoms. The fourth-order valence-corrected chi connectivity index (χ4v) is 5.89. The lowest BCUT2D eigenvalue weighted by Gasteiger charge is -2.42. The summed E-state index contributed by atoms with van der Waals surface area (Å²) in [5.74, 6) is -0.746. The number of benzene rings is 2. The molecule has 0 saturated carbocycles. The summed E-state index contributed by atoms with van der Waals surface area (Å²) in [6, 6.07) is 12.0. The summed E-state index contributed by atoms with van der Waals surface area (Å²) in [5, 5.41) is 11.0. The van der Waals surface area contributed by atoms with Crippen LogP contribution in [0, 0.1) is 11.8 Å². The molecule has 2 aromatic rings. The van der Waals surface area contributed by atoms with Crippen molar-refractivity contribution in [3.63, 3.8) is 0 Å². The molecular formula is C28H33ClF3N3O3. The summed E-state index contributed by atoms with van der Waals surface area (Å²) in [5.41, 5.74) is -2.61. The first-order valence-electron chi connectivity index (χ1n) is 12.8. The number of nitrogens with zero attached hydrogens (tertiary/aromatic N) is 3. The number of piperidine rings is 2. The lowest BCUT2D eigenvalue weighted by Crippen LogP contribution is -2.57. The Morgan fingerprint density at radius 3 is 1.97 bits per heavy atom. The van der Waals surface area contributed by atoms with Crippen molar-refractivity contribution in [1.82, 2.24) is 9.80 Å². The Morgan fingerprint density at radius 1 is 0.921 bits per heavy atom. The van der Waals surface area contributed by atoms with Gasteiger partial charge in [0.2, 0.25) is 0 Å². The second-order valence-electron chi connectivity index (χ2n) is 10.4. The van der Waals surface area contributed by atoms with Crippen LogP contribution in [0.15, 0.2) is 48.5 Å². The number of rotatable bonds is 5. The summed E-state index contributed by atoms with van der Waals surface area (Å²) in [7, 11) is 3.36. The van der Waals surface area contributed by atoms with Crippen LogP contribution in [0.4, 0.5) is 18.9 Å². The van der Waals surface area contributed by atoms with Crippen LogP contribution in [-0.4, -0.2) is 73.2 Å². The van der Waals surface area contributed by atoms with Crippen LogP contribution in [0.2, 0.25) is 5.02 Å². The lowest BCUT2D eigenvalue weighted by molar-refractivity contribution is -0.262. The zero-order chi connectivity index (χ0) is 27.7. The van der Waals surface area contributed by atoms with Gasteiger partial charge in [-0.15, -0.1) is 0 Å². The maximum atomic E-state index is 13.9. The zero-order valence-corrected chi connectivity index (χ0v) is 22.3. The number of hydrogen-bond acceptors (Lipinski definition) is 4. The predicted octanol–water partition coefficient (Wildman–Crippen LogP) is 4.95. The Bertz CT molecular complexity index is 1150. The van der Waals surface area contributed by atoms with Crippen LogP contribution in [-0.2, 0) is 10.4 Å². The first-order chi connectivity index (χ1) is 17.9. The Balaban J connectivity index is 1.34. The minimum Gasteiger partial charge on any atom is -0.371 e. The van der Waals surface area contributed by atoms with E-state index in [1.807, 2.05) is 12.1 Å². The van der Waals surface area contributed by atoms with Crippen LogP contribution in [0.25, 0.3) is 0 Å². The van der Waals surface area contributed by atoms with Crippen molar-refractivity contribution in [3.05, 3.63) is 64.7 Å². The predicted molar refractivity (Wildman–Crippen MR) is 140 cm³/mol. The molecule has 206 valence electrons. The lowest BCUT2D eigenvalue weighted by atomic mass is 9.78. The molecule has 2 fully saturated rings. The van der Waals surface area contributed by atoms with Gasteiger partial charge in [-0.05, 0) is 55.7 Å². The third-order valence-electron chi connectivity index (χ3n) is 7.90. The molecular weight excluding hydrogens is 519 g/mol. The van der Waals surface area contributed by atoms with E-state index >= 15 is 0 Å². The normalized spacial score (nSPS) is 19.2. The molecule has 1 atom stereocenters. The number of carbonyl (C=O) groups is 2. The van der Waals surface area contributed by atoms with E-state index in [0.29, 0.717) is 35.3 Å². The fraction of sp³-hybridized carbons (Fsp3) is 0.500. The highest BCUT2D eigenvalue weighted by Crippen LogP contribution is 2.42. The van der Waals surface area contributed by atoms with Crippen molar-refractivity contribution in [1.29, 1.82) is 0 Å². The molecule has 2 amide bonds. The van der Waals surface area contributed by atoms with Crippen LogP contribution in [0.5, 0.6) is 0 Å². The number of likely N-dealkylation sites (tertiary alicyclic amines) is 1. The molecule has 0 unspecified atom stereocenters. The van der Waals surface area contributed by atoms with Crippen molar-refractivity contribution in [2.24, 2.45) is 11.8 Å². The van der Waals surface area contributed by atoms with E-state index in [1.165, 1.54) is 23.1 Å². The molecule has 4 rings (SSSR count). The second kappa shape index (κ2) is 11.1. The van der Waals surface area contributed by atoms with Crippen molar-refractivity contribution < 1.29 is 27.9 Å². The minimum atomic E-state index is -5.13. The molecule has 1 N–H and O–H groups in total. The third kappa shape index (κ3) is 5.50. The van der Waals surface area contributed by atoms with Crippen LogP contribution in [0.1, 0.15) is 41.6 Å². The summed E-state index contributed by atoms with van der Waals surface area (Å²) in [4.78, 5) is 30.1. The van der Waals surface area contributed by atoms with Gasteiger partial charge in [-0.3, -0.25) is 9.59 Å². The average molecular weight is 552 g/mol. The monoisotopic (exact) mass is 551 g/mol. The molecule has 0 spiro atoms. The molecule has 0 aromatic heterocycles. The average Bonchev–Trinajstić information content (AvgIpc) is 2.91. The molecule has 2 aromatic carbocycles. The van der Waals surface area contributed by atoms with Crippen molar-refractivity contribution in [2.75, 3.05) is 45.2 Å². The first-order valence-corrected chi connectivity index (χ1v) is 13.2. The largest absolute Gasteiger partial charge is 0.430 e. The van der Waals surface area contributed by atoms with E-state index in [9.17, 15) is 27.9 Å². The van der Waals surface area contributed by atoms with Crippen LogP contribution < -0.4 is 4.90 Å². The molecule has 2 aliphatic heterocycles. The van der Waals surface area contributed by atoms with E-state index in [1.54, 1.807) is 20.2 Å². The van der Waals surface area contributed by atoms with E-state index in [4.69, 9.17) is 11.6 Å². The summed E-state index contributed by atoms with van der Waals surface area (Å²) >= 11 is 6.38. The van der Waals surface area contributed by atoms with Gasteiger partial charge in [0.1, 0.15) is 0 Å². The van der Waals surface area contributed by atoms with Gasteiger partial charge in [-0.1, -0.05) is 41.9 Å². The Hall–Kier alpha value is -2.78. The molecule has 10 heteroatoms. The smallest absolute Gasteiger partial charge is 0.371 e. The second-order valence-corrected chi connectivity index (χ2v) is 10.8. The highest BCUT2D eigenvalue weighted by Gasteiger charge is 2.62. The Kier molecular flexibility index (Phi) is 8.28. The van der Waals surface area contributed by atoms with Gasteiger partial charge in [-0.25, -0.2) is 0 Å². The topological polar surface area (TPSA) is 64.1 Å². The fourth-order valence-electron chi connectivity index (χ4n) is 5.63. The molecule has 38 heavy (non-hydrogen) atoms. The highest BCUT2D eigenvalue weighted by atomic mass is 35.5. The van der Waals surface area contributed by atoms with Crippen molar-refractivity contribution in [2.45, 2.75) is 37.5 Å². The molecule has 2 saturated heterocycles. The van der Waals surface area contributed by atoms with E-state index < -0.39 is 23.2 Å². The van der Waals surface area contributed by atoms with Crippen LogP contribution in [0.3, 0.4) is 0 Å². The van der Waals surface area contributed by atoms with Crippen molar-refractivity contribution >= 4 is 29.1 Å². The van der Waals surface area contributed by atoms with Gasteiger partial charge in [0.25, 0.3) is 17.4 Å². The van der Waals surface area contributed by atoms with Gasteiger partial charge in [-0.2, -0.15) is 13.2 Å². The quantitative estimate of drug-likeness (QED) is 0.571. The molecule has 0 radical (unpaired) electrons. The minimum absolute atomic E-state index is 0.150. The molecule has 2 heterocycles. The first kappa shape index (κ1) is 28.2. The van der Waals surface area contributed by atoms with Crippen LogP contribution >= 0.6 is 11.6 Å². The number of aliphatic hydroxyl groups is 1. The number of alkyl halides is 3.